The van der Waals surface area contributed by atoms with E-state index in [9.17, 15) is 18.0 Å². The molecule has 7 heteroatoms. The van der Waals surface area contributed by atoms with Crippen molar-refractivity contribution in [2.24, 2.45) is 5.73 Å². The van der Waals surface area contributed by atoms with E-state index in [0.717, 1.165) is 12.1 Å². The van der Waals surface area contributed by atoms with Gasteiger partial charge in [-0.2, -0.15) is 0 Å². The lowest BCUT2D eigenvalue weighted by Crippen LogP contribution is -2.19. The number of alkyl halides is 3. The number of nitrogens with two attached hydrogens (primary N) is 1. The van der Waals surface area contributed by atoms with Gasteiger partial charge in [0.15, 0.2) is 0 Å². The molecule has 0 spiro atoms. The quantitative estimate of drug-likeness (QED) is 0.857. The lowest BCUT2D eigenvalue weighted by Gasteiger charge is -2.12. The van der Waals surface area contributed by atoms with Crippen LogP contribution in [-0.2, 0) is 0 Å². The molecule has 1 rings (SSSR count). The number of hydrogen-bond acceptors (Lipinski definition) is 3. The van der Waals surface area contributed by atoms with E-state index in [1.54, 1.807) is 6.92 Å². The first-order chi connectivity index (χ1) is 7.83. The summed E-state index contributed by atoms with van der Waals surface area (Å²) in [6.45, 7) is 2.30. The first-order valence-electron chi connectivity index (χ1n) is 4.77. The van der Waals surface area contributed by atoms with Gasteiger partial charge < -0.3 is 15.8 Å². The molecule has 0 aromatic heterocycles. The van der Waals surface area contributed by atoms with Gasteiger partial charge in [-0.1, -0.05) is 0 Å². The fourth-order valence-corrected chi connectivity index (χ4v) is 1.27. The normalized spacial score (nSPS) is 11.1. The molecule has 0 atom stereocenters. The van der Waals surface area contributed by atoms with Gasteiger partial charge in [-0.25, -0.2) is 0 Å². The Balaban J connectivity index is 3.05. The number of rotatable bonds is 4. The fourth-order valence-electron chi connectivity index (χ4n) is 1.27. The summed E-state index contributed by atoms with van der Waals surface area (Å²) < 4.78 is 39.6. The molecule has 0 saturated heterocycles. The van der Waals surface area contributed by atoms with E-state index < -0.39 is 18.0 Å². The molecule has 0 bridgehead atoms. The van der Waals surface area contributed by atoms with Crippen LogP contribution in [0.3, 0.4) is 0 Å². The number of carbonyl (C=O) groups is 1. The average Bonchev–Trinajstić information content (AvgIpc) is 2.18. The molecular weight excluding hydrogens is 237 g/mol. The van der Waals surface area contributed by atoms with E-state index in [2.05, 4.69) is 10.1 Å². The molecule has 0 saturated carbocycles. The van der Waals surface area contributed by atoms with Crippen molar-refractivity contribution in [1.82, 2.24) is 0 Å². The van der Waals surface area contributed by atoms with Gasteiger partial charge >= 0.3 is 6.36 Å². The summed E-state index contributed by atoms with van der Waals surface area (Å²) in [4.78, 5) is 11.1. The van der Waals surface area contributed by atoms with Gasteiger partial charge in [0.05, 0.1) is 5.56 Å². The van der Waals surface area contributed by atoms with Crippen LogP contribution >= 0.6 is 0 Å². The maximum absolute atomic E-state index is 12.0. The number of ether oxygens (including phenoxy) is 1. The molecule has 94 valence electrons. The monoisotopic (exact) mass is 248 g/mol. The van der Waals surface area contributed by atoms with Crippen LogP contribution in [0.25, 0.3) is 0 Å². The Bertz CT molecular complexity index is 419. The molecule has 0 unspecified atom stereocenters. The summed E-state index contributed by atoms with van der Waals surface area (Å²) in [5.41, 5.74) is 5.38. The zero-order valence-corrected chi connectivity index (χ0v) is 8.97. The van der Waals surface area contributed by atoms with E-state index in [4.69, 9.17) is 5.73 Å². The lowest BCUT2D eigenvalue weighted by atomic mass is 10.1. The summed E-state index contributed by atoms with van der Waals surface area (Å²) in [6.07, 6.45) is -4.80. The van der Waals surface area contributed by atoms with E-state index in [1.165, 1.54) is 6.07 Å². The third-order valence-corrected chi connectivity index (χ3v) is 1.86. The second kappa shape index (κ2) is 4.94. The first kappa shape index (κ1) is 13.1. The molecule has 0 aliphatic rings. The van der Waals surface area contributed by atoms with Crippen molar-refractivity contribution in [2.45, 2.75) is 13.3 Å². The van der Waals surface area contributed by atoms with Crippen LogP contribution in [0.5, 0.6) is 5.75 Å². The number of nitrogens with one attached hydrogen (secondary N) is 1. The number of amides is 1. The molecule has 0 radical (unpaired) electrons. The molecule has 3 N–H and O–H groups in total. The van der Waals surface area contributed by atoms with Gasteiger partial charge in [-0.3, -0.25) is 4.79 Å². The highest BCUT2D eigenvalue weighted by Crippen LogP contribution is 2.26. The minimum atomic E-state index is -4.80. The maximum Gasteiger partial charge on any atom is 0.573 e. The van der Waals surface area contributed by atoms with Crippen molar-refractivity contribution in [3.63, 3.8) is 0 Å². The average molecular weight is 248 g/mol. The highest BCUT2D eigenvalue weighted by atomic mass is 19.4. The van der Waals surface area contributed by atoms with Crippen LogP contribution in [-0.4, -0.2) is 18.8 Å². The number of benzene rings is 1. The summed E-state index contributed by atoms with van der Waals surface area (Å²) in [7, 11) is 0. The highest BCUT2D eigenvalue weighted by molar-refractivity contribution is 5.98. The number of carbonyl (C=O) groups excluding carboxylic acids is 1. The van der Waals surface area contributed by atoms with Gasteiger partial charge in [0, 0.05) is 12.2 Å². The van der Waals surface area contributed by atoms with Crippen LogP contribution in [0, 0.1) is 0 Å². The van der Waals surface area contributed by atoms with Crippen molar-refractivity contribution in [3.05, 3.63) is 23.8 Å². The van der Waals surface area contributed by atoms with Crippen molar-refractivity contribution >= 4 is 11.6 Å². The summed E-state index contributed by atoms with van der Waals surface area (Å²) >= 11 is 0. The molecule has 17 heavy (non-hydrogen) atoms. The molecule has 4 nitrogen and oxygen atoms in total. The molecule has 1 aromatic rings. The second-order valence-corrected chi connectivity index (χ2v) is 3.15. The van der Waals surface area contributed by atoms with Gasteiger partial charge in [0.2, 0.25) is 0 Å². The van der Waals surface area contributed by atoms with Crippen LogP contribution in [0.4, 0.5) is 18.9 Å². The summed E-state index contributed by atoms with van der Waals surface area (Å²) in [5.74, 6) is -1.30. The summed E-state index contributed by atoms with van der Waals surface area (Å²) in [5, 5.41) is 2.81. The van der Waals surface area contributed by atoms with Gasteiger partial charge in [0.25, 0.3) is 5.91 Å². The molecule has 1 aromatic carbocycles. The van der Waals surface area contributed by atoms with Gasteiger partial charge in [-0.15, -0.1) is 13.2 Å². The lowest BCUT2D eigenvalue weighted by molar-refractivity contribution is -0.274. The standard InChI is InChI=1S/C10H11F3N2O2/c1-2-15-8-4-3-6(17-10(11,12)13)5-7(8)9(14)16/h3-5,15H,2H2,1H3,(H2,14,16). The third-order valence-electron chi connectivity index (χ3n) is 1.86. The second-order valence-electron chi connectivity index (χ2n) is 3.15. The molecule has 0 aliphatic heterocycles. The Morgan fingerprint density at radius 3 is 2.59 bits per heavy atom. The molecule has 0 aliphatic carbocycles. The summed E-state index contributed by atoms with van der Waals surface area (Å²) in [6, 6.07) is 3.37. The predicted molar refractivity (Wildman–Crippen MR) is 55.8 cm³/mol. The molecule has 0 heterocycles. The minimum absolute atomic E-state index is 0.0476. The Hall–Kier alpha value is -1.92. The minimum Gasteiger partial charge on any atom is -0.406 e. The van der Waals surface area contributed by atoms with Crippen LogP contribution in [0.1, 0.15) is 17.3 Å². The van der Waals surface area contributed by atoms with Crippen LogP contribution < -0.4 is 15.8 Å². The Morgan fingerprint density at radius 2 is 2.12 bits per heavy atom. The molecular formula is C10H11F3N2O2. The van der Waals surface area contributed by atoms with Gasteiger partial charge in [-0.05, 0) is 25.1 Å². The van der Waals surface area contributed by atoms with Crippen molar-refractivity contribution < 1.29 is 22.7 Å². The smallest absolute Gasteiger partial charge is 0.406 e. The zero-order valence-electron chi connectivity index (χ0n) is 8.97. The number of primary amides is 1. The largest absolute Gasteiger partial charge is 0.573 e. The Morgan fingerprint density at radius 1 is 1.47 bits per heavy atom. The SMILES string of the molecule is CCNc1ccc(OC(F)(F)F)cc1C(N)=O. The number of hydrogen-bond donors (Lipinski definition) is 2. The van der Waals surface area contributed by atoms with Gasteiger partial charge in [0.1, 0.15) is 5.75 Å². The van der Waals surface area contributed by atoms with E-state index >= 15 is 0 Å². The van der Waals surface area contributed by atoms with E-state index in [0.29, 0.717) is 12.2 Å². The predicted octanol–water partition coefficient (Wildman–Crippen LogP) is 2.12. The number of halogens is 3. The van der Waals surface area contributed by atoms with E-state index in [-0.39, 0.29) is 5.56 Å². The number of anilines is 1. The van der Waals surface area contributed by atoms with E-state index in [1.807, 2.05) is 0 Å². The first-order valence-corrected chi connectivity index (χ1v) is 4.77. The topological polar surface area (TPSA) is 64.3 Å². The van der Waals surface area contributed by atoms with Crippen molar-refractivity contribution in [3.8, 4) is 5.75 Å². The van der Waals surface area contributed by atoms with Crippen molar-refractivity contribution in [2.75, 3.05) is 11.9 Å². The highest BCUT2D eigenvalue weighted by Gasteiger charge is 2.31. The fraction of sp³-hybridized carbons (Fsp3) is 0.300. The Kier molecular flexibility index (Phi) is 3.82. The van der Waals surface area contributed by atoms with Crippen molar-refractivity contribution in [1.29, 1.82) is 0 Å². The zero-order chi connectivity index (χ0) is 13.1. The maximum atomic E-state index is 12.0. The molecule has 0 fully saturated rings. The third kappa shape index (κ3) is 3.86. The molecule has 1 amide bonds. The van der Waals surface area contributed by atoms with Crippen LogP contribution in [0.2, 0.25) is 0 Å². The Labute approximate surface area is 95.6 Å². The van der Waals surface area contributed by atoms with Crippen LogP contribution in [0.15, 0.2) is 18.2 Å².